The number of allylic oxidation sites excluding steroid dienone is 1. The van der Waals surface area contributed by atoms with Crippen molar-refractivity contribution >= 4 is 23.4 Å². The molecule has 5 rings (SSSR count). The number of esters is 1. The number of aromatic nitrogens is 1. The molecule has 36 heavy (non-hydrogen) atoms. The van der Waals surface area contributed by atoms with Gasteiger partial charge in [-0.05, 0) is 55.8 Å². The zero-order valence-electron chi connectivity index (χ0n) is 20.2. The molecule has 3 heterocycles. The summed E-state index contributed by atoms with van der Waals surface area (Å²) in [6.45, 7) is 3.82. The third-order valence-electron chi connectivity index (χ3n) is 5.94. The van der Waals surface area contributed by atoms with Crippen LogP contribution in [0.4, 0.5) is 0 Å². The van der Waals surface area contributed by atoms with Crippen LogP contribution in [0, 0.1) is 0 Å². The SMILES string of the molecule is CCOC(=O)C1=C(C)N=c2sc(=Cc3ccc4c(c3)OCO4)c(=O)n2[C@H]1c1cc(OC)ccc1OC. The molecule has 0 N–H and O–H groups in total. The van der Waals surface area contributed by atoms with Crippen molar-refractivity contribution in [1.29, 1.82) is 0 Å². The van der Waals surface area contributed by atoms with Crippen LogP contribution >= 0.6 is 11.3 Å². The van der Waals surface area contributed by atoms with E-state index in [0.717, 1.165) is 5.56 Å². The Balaban J connectivity index is 1.74. The third-order valence-corrected chi connectivity index (χ3v) is 6.93. The standard InChI is InChI=1S/C26H24N2O7S/c1-5-33-25(30)22-14(2)27-26-28(23(22)17-12-16(31-3)7-9-18(17)32-4)24(29)21(36-26)11-15-6-8-19-20(10-15)35-13-34-19/h6-12,23H,5,13H2,1-4H3/t23-/m0/s1. The Hall–Kier alpha value is -4.05. The Kier molecular flexibility index (Phi) is 6.27. The number of benzene rings is 2. The molecule has 0 fully saturated rings. The number of ether oxygens (including phenoxy) is 5. The zero-order valence-corrected chi connectivity index (χ0v) is 21.0. The van der Waals surface area contributed by atoms with Crippen LogP contribution in [0.3, 0.4) is 0 Å². The summed E-state index contributed by atoms with van der Waals surface area (Å²) in [7, 11) is 3.09. The van der Waals surface area contributed by atoms with E-state index < -0.39 is 12.0 Å². The van der Waals surface area contributed by atoms with Gasteiger partial charge in [0.1, 0.15) is 17.5 Å². The van der Waals surface area contributed by atoms with Crippen molar-refractivity contribution in [2.75, 3.05) is 27.6 Å². The van der Waals surface area contributed by atoms with Gasteiger partial charge >= 0.3 is 5.97 Å². The highest BCUT2D eigenvalue weighted by Crippen LogP contribution is 2.38. The molecule has 0 amide bonds. The predicted molar refractivity (Wildman–Crippen MR) is 133 cm³/mol. The smallest absolute Gasteiger partial charge is 0.338 e. The Labute approximate surface area is 210 Å². The second-order valence-electron chi connectivity index (χ2n) is 8.02. The minimum atomic E-state index is -0.816. The van der Waals surface area contributed by atoms with Crippen LogP contribution in [0.15, 0.2) is 57.5 Å². The molecular weight excluding hydrogens is 484 g/mol. The average molecular weight is 509 g/mol. The van der Waals surface area contributed by atoms with Gasteiger partial charge in [-0.15, -0.1) is 0 Å². The molecule has 10 heteroatoms. The fraction of sp³-hybridized carbons (Fsp3) is 0.269. The van der Waals surface area contributed by atoms with Gasteiger partial charge < -0.3 is 23.7 Å². The Morgan fingerprint density at radius 2 is 1.97 bits per heavy atom. The predicted octanol–water partition coefficient (Wildman–Crippen LogP) is 2.54. The first-order valence-corrected chi connectivity index (χ1v) is 12.1. The molecule has 3 aromatic rings. The van der Waals surface area contributed by atoms with E-state index in [4.69, 9.17) is 23.7 Å². The van der Waals surface area contributed by atoms with Gasteiger partial charge in [-0.3, -0.25) is 9.36 Å². The van der Waals surface area contributed by atoms with Crippen LogP contribution < -0.4 is 33.8 Å². The quantitative estimate of drug-likeness (QED) is 0.472. The Morgan fingerprint density at radius 3 is 2.72 bits per heavy atom. The summed E-state index contributed by atoms with van der Waals surface area (Å²) in [5, 5.41) is 0. The van der Waals surface area contributed by atoms with E-state index in [1.54, 1.807) is 51.3 Å². The van der Waals surface area contributed by atoms with Crippen molar-refractivity contribution < 1.29 is 28.5 Å². The van der Waals surface area contributed by atoms with E-state index in [1.807, 2.05) is 12.1 Å². The molecule has 1 aromatic heterocycles. The summed E-state index contributed by atoms with van der Waals surface area (Å²) in [5.74, 6) is 1.80. The van der Waals surface area contributed by atoms with Crippen LogP contribution in [0.2, 0.25) is 0 Å². The summed E-state index contributed by atoms with van der Waals surface area (Å²) in [6, 6.07) is 9.92. The summed E-state index contributed by atoms with van der Waals surface area (Å²) < 4.78 is 29.2. The molecule has 2 aliphatic rings. The fourth-order valence-corrected chi connectivity index (χ4v) is 5.34. The number of rotatable bonds is 6. The van der Waals surface area contributed by atoms with Crippen molar-refractivity contribution in [3.8, 4) is 23.0 Å². The molecule has 2 aromatic carbocycles. The number of methoxy groups -OCH3 is 2. The van der Waals surface area contributed by atoms with Gasteiger partial charge in [0.25, 0.3) is 5.56 Å². The van der Waals surface area contributed by atoms with Crippen LogP contribution in [-0.2, 0) is 9.53 Å². The fourth-order valence-electron chi connectivity index (χ4n) is 4.29. The second kappa shape index (κ2) is 9.54. The Morgan fingerprint density at radius 1 is 1.17 bits per heavy atom. The highest BCUT2D eigenvalue weighted by Gasteiger charge is 2.35. The van der Waals surface area contributed by atoms with Gasteiger partial charge in [-0.2, -0.15) is 0 Å². The minimum absolute atomic E-state index is 0.166. The highest BCUT2D eigenvalue weighted by atomic mass is 32.1. The maximum Gasteiger partial charge on any atom is 0.338 e. The number of hydrogen-bond acceptors (Lipinski definition) is 9. The lowest BCUT2D eigenvalue weighted by Gasteiger charge is -2.26. The topological polar surface area (TPSA) is 97.6 Å². The first-order valence-electron chi connectivity index (χ1n) is 11.3. The van der Waals surface area contributed by atoms with E-state index >= 15 is 0 Å². The van der Waals surface area contributed by atoms with E-state index in [-0.39, 0.29) is 24.5 Å². The number of hydrogen-bond donors (Lipinski definition) is 0. The van der Waals surface area contributed by atoms with E-state index in [2.05, 4.69) is 4.99 Å². The maximum atomic E-state index is 13.8. The lowest BCUT2D eigenvalue weighted by Crippen LogP contribution is -2.40. The molecule has 0 radical (unpaired) electrons. The van der Waals surface area contributed by atoms with Gasteiger partial charge in [0, 0.05) is 5.56 Å². The van der Waals surface area contributed by atoms with Crippen molar-refractivity contribution in [2.45, 2.75) is 19.9 Å². The van der Waals surface area contributed by atoms with Gasteiger partial charge in [-0.25, -0.2) is 9.79 Å². The molecule has 0 saturated carbocycles. The molecular formula is C26H24N2O7S. The van der Waals surface area contributed by atoms with Crippen molar-refractivity contribution in [2.24, 2.45) is 4.99 Å². The van der Waals surface area contributed by atoms with Crippen molar-refractivity contribution in [3.63, 3.8) is 0 Å². The average Bonchev–Trinajstić information content (AvgIpc) is 3.46. The van der Waals surface area contributed by atoms with Gasteiger partial charge in [-0.1, -0.05) is 17.4 Å². The third kappa shape index (κ3) is 4.03. The number of fused-ring (bicyclic) bond motifs is 2. The normalized spacial score (nSPS) is 16.4. The van der Waals surface area contributed by atoms with Gasteiger partial charge in [0.05, 0.1) is 36.6 Å². The van der Waals surface area contributed by atoms with Crippen molar-refractivity contribution in [1.82, 2.24) is 4.57 Å². The Bertz CT molecular complexity index is 1570. The van der Waals surface area contributed by atoms with Gasteiger partial charge in [0.15, 0.2) is 16.3 Å². The van der Waals surface area contributed by atoms with Crippen LogP contribution in [0.25, 0.3) is 6.08 Å². The number of thiazole rings is 1. The summed E-state index contributed by atoms with van der Waals surface area (Å²) in [5.41, 5.74) is 1.82. The first-order chi connectivity index (χ1) is 17.4. The van der Waals surface area contributed by atoms with E-state index in [1.165, 1.54) is 23.0 Å². The molecule has 2 aliphatic heterocycles. The van der Waals surface area contributed by atoms with Crippen LogP contribution in [0.5, 0.6) is 23.0 Å². The van der Waals surface area contributed by atoms with Crippen molar-refractivity contribution in [3.05, 3.63) is 78.5 Å². The molecule has 0 spiro atoms. The number of carbonyl (C=O) groups is 1. The first kappa shape index (κ1) is 23.7. The summed E-state index contributed by atoms with van der Waals surface area (Å²) in [4.78, 5) is 32.0. The molecule has 0 aliphatic carbocycles. The van der Waals surface area contributed by atoms with Crippen LogP contribution in [0.1, 0.15) is 31.0 Å². The molecule has 0 bridgehead atoms. The summed E-state index contributed by atoms with van der Waals surface area (Å²) in [6.07, 6.45) is 1.77. The largest absolute Gasteiger partial charge is 0.497 e. The number of nitrogens with zero attached hydrogens (tertiary/aromatic N) is 2. The monoisotopic (exact) mass is 508 g/mol. The number of carbonyl (C=O) groups excluding carboxylic acids is 1. The maximum absolute atomic E-state index is 13.8. The lowest BCUT2D eigenvalue weighted by atomic mass is 9.94. The highest BCUT2D eigenvalue weighted by molar-refractivity contribution is 7.07. The molecule has 186 valence electrons. The zero-order chi connectivity index (χ0) is 25.4. The van der Waals surface area contributed by atoms with E-state index in [0.29, 0.717) is 43.6 Å². The molecule has 0 unspecified atom stereocenters. The summed E-state index contributed by atoms with van der Waals surface area (Å²) >= 11 is 1.24. The lowest BCUT2D eigenvalue weighted by molar-refractivity contribution is -0.139. The van der Waals surface area contributed by atoms with Crippen LogP contribution in [-0.4, -0.2) is 38.2 Å². The molecule has 0 saturated heterocycles. The molecule has 1 atom stereocenters. The van der Waals surface area contributed by atoms with E-state index in [9.17, 15) is 9.59 Å². The minimum Gasteiger partial charge on any atom is -0.497 e. The van der Waals surface area contributed by atoms with Gasteiger partial charge in [0.2, 0.25) is 6.79 Å². The molecule has 9 nitrogen and oxygen atoms in total. The second-order valence-corrected chi connectivity index (χ2v) is 9.03.